The van der Waals surface area contributed by atoms with E-state index in [1.54, 1.807) is 12.1 Å². The molecule has 7 heteroatoms. The maximum Gasteiger partial charge on any atom is 0.152 e. The average molecular weight is 562 g/mol. The summed E-state index contributed by atoms with van der Waals surface area (Å²) in [7, 11) is 0. The van der Waals surface area contributed by atoms with Gasteiger partial charge in [0.1, 0.15) is 11.6 Å². The van der Waals surface area contributed by atoms with Gasteiger partial charge >= 0.3 is 0 Å². The zero-order valence-corrected chi connectivity index (χ0v) is 20.8. The number of aromatic nitrogens is 1. The largest absolute Gasteiger partial charge is 0.366 e. The Bertz CT molecular complexity index is 1060. The Morgan fingerprint density at radius 1 is 1.12 bits per heavy atom. The highest BCUT2D eigenvalue weighted by atomic mass is 127. The minimum Gasteiger partial charge on any atom is -0.366 e. The van der Waals surface area contributed by atoms with Gasteiger partial charge in [-0.15, -0.1) is 0 Å². The second-order valence-corrected chi connectivity index (χ2v) is 9.69. The Morgan fingerprint density at radius 3 is 2.50 bits per heavy atom. The number of rotatable bonds is 9. The lowest BCUT2D eigenvalue weighted by atomic mass is 9.89. The van der Waals surface area contributed by atoms with E-state index in [0.29, 0.717) is 18.7 Å². The van der Waals surface area contributed by atoms with Crippen molar-refractivity contribution in [3.8, 4) is 11.1 Å². The van der Waals surface area contributed by atoms with Crippen molar-refractivity contribution in [1.29, 1.82) is 0 Å². The van der Waals surface area contributed by atoms with Crippen LogP contribution in [-0.4, -0.2) is 11.3 Å². The van der Waals surface area contributed by atoms with Crippen LogP contribution in [0.4, 0.5) is 10.2 Å². The van der Waals surface area contributed by atoms with Gasteiger partial charge in [0.2, 0.25) is 0 Å². The Kier molecular flexibility index (Phi) is 8.22. The molecule has 1 aliphatic carbocycles. The van der Waals surface area contributed by atoms with Crippen LogP contribution in [0.25, 0.3) is 11.1 Å². The molecule has 0 spiro atoms. The molecule has 0 radical (unpaired) electrons. The van der Waals surface area contributed by atoms with Crippen LogP contribution >= 0.6 is 28.5 Å². The number of carbonyl (C=O) groups is 1. The van der Waals surface area contributed by atoms with Gasteiger partial charge in [0.05, 0.1) is 18.8 Å². The molecular formula is C25H25FIN2O2P. The number of hydrogen-bond acceptors (Lipinski definition) is 4. The lowest BCUT2D eigenvalue weighted by molar-refractivity contribution is 0.112. The predicted molar refractivity (Wildman–Crippen MR) is 137 cm³/mol. The summed E-state index contributed by atoms with van der Waals surface area (Å²) in [4.78, 5) is 17.4. The standard InChI is InChI=1S/C25H25FIN2O2P/c26-20-12-10-18(11-13-20)23-21(15-30)24(19-8-4-5-9-19)29-25(22(23)16-31-32-27)28-14-17-6-2-1-3-7-17/h1-3,6-7,10-13,15,19,32H,4-5,8-9,14,16H2,(H,28,29). The summed E-state index contributed by atoms with van der Waals surface area (Å²) in [6, 6.07) is 16.5. The average Bonchev–Trinajstić information content (AvgIpc) is 3.37. The van der Waals surface area contributed by atoms with Gasteiger partial charge in [0, 0.05) is 29.2 Å². The summed E-state index contributed by atoms with van der Waals surface area (Å²) in [5, 5.41) is 3.49. The molecule has 1 saturated carbocycles. The molecule has 1 N–H and O–H groups in total. The van der Waals surface area contributed by atoms with Gasteiger partial charge in [-0.2, -0.15) is 0 Å². The molecule has 1 fully saturated rings. The number of nitrogens with one attached hydrogen (secondary N) is 1. The molecule has 0 aliphatic heterocycles. The van der Waals surface area contributed by atoms with Crippen LogP contribution in [0.5, 0.6) is 0 Å². The maximum atomic E-state index is 13.7. The topological polar surface area (TPSA) is 51.2 Å². The number of pyridine rings is 1. The molecular weight excluding hydrogens is 537 g/mol. The monoisotopic (exact) mass is 562 g/mol. The van der Waals surface area contributed by atoms with Crippen LogP contribution in [0.15, 0.2) is 54.6 Å². The molecule has 1 aromatic heterocycles. The fourth-order valence-corrected chi connectivity index (χ4v) is 5.07. The number of halogens is 2. The quantitative estimate of drug-likeness (QED) is 0.168. The second kappa shape index (κ2) is 11.3. The van der Waals surface area contributed by atoms with Gasteiger partial charge in [-0.3, -0.25) is 4.79 Å². The first-order chi connectivity index (χ1) is 15.7. The van der Waals surface area contributed by atoms with E-state index in [0.717, 1.165) is 65.7 Å². The fraction of sp³-hybridized carbons (Fsp3) is 0.280. The summed E-state index contributed by atoms with van der Waals surface area (Å²) in [6.07, 6.45) is 5.25. The fourth-order valence-electron chi connectivity index (χ4n) is 4.40. The van der Waals surface area contributed by atoms with Gasteiger partial charge < -0.3 is 9.84 Å². The third kappa shape index (κ3) is 5.36. The molecule has 1 unspecified atom stereocenters. The van der Waals surface area contributed by atoms with Crippen LogP contribution in [-0.2, 0) is 17.7 Å². The van der Waals surface area contributed by atoms with Crippen molar-refractivity contribution in [2.24, 2.45) is 0 Å². The van der Waals surface area contributed by atoms with Crippen LogP contribution in [0.3, 0.4) is 0 Å². The second-order valence-electron chi connectivity index (χ2n) is 7.92. The summed E-state index contributed by atoms with van der Waals surface area (Å²) in [5.41, 5.74) is 5.01. The van der Waals surface area contributed by atoms with E-state index in [-0.39, 0.29) is 18.2 Å². The molecule has 0 amide bonds. The number of benzene rings is 2. The van der Waals surface area contributed by atoms with Gasteiger partial charge in [0.25, 0.3) is 0 Å². The van der Waals surface area contributed by atoms with Gasteiger partial charge in [-0.25, -0.2) is 9.37 Å². The van der Waals surface area contributed by atoms with Crippen molar-refractivity contribution in [1.82, 2.24) is 4.98 Å². The third-order valence-corrected chi connectivity index (χ3v) is 7.12. The summed E-state index contributed by atoms with van der Waals surface area (Å²) >= 11 is 2.19. The number of hydrogen-bond donors (Lipinski definition) is 1. The lowest BCUT2D eigenvalue weighted by Crippen LogP contribution is -2.13. The van der Waals surface area contributed by atoms with E-state index in [1.165, 1.54) is 12.1 Å². The Balaban J connectivity index is 1.87. The first kappa shape index (κ1) is 23.3. The van der Waals surface area contributed by atoms with Gasteiger partial charge in [-0.1, -0.05) is 55.3 Å². The normalized spacial score (nSPS) is 14.3. The smallest absolute Gasteiger partial charge is 0.152 e. The van der Waals surface area contributed by atoms with Crippen molar-refractivity contribution < 1.29 is 13.7 Å². The van der Waals surface area contributed by atoms with E-state index >= 15 is 0 Å². The maximum absolute atomic E-state index is 13.7. The Labute approximate surface area is 202 Å². The summed E-state index contributed by atoms with van der Waals surface area (Å²) in [6.45, 7) is 1.21. The number of carbonyl (C=O) groups excluding carboxylic acids is 1. The highest BCUT2D eigenvalue weighted by Gasteiger charge is 2.27. The van der Waals surface area contributed by atoms with Crippen molar-refractivity contribution in [2.45, 2.75) is 44.8 Å². The molecule has 2 aromatic carbocycles. The summed E-state index contributed by atoms with van der Waals surface area (Å²) in [5.74, 6) is 0.684. The van der Waals surface area contributed by atoms with E-state index in [2.05, 4.69) is 39.5 Å². The Morgan fingerprint density at radius 2 is 1.84 bits per heavy atom. The minimum atomic E-state index is -0.305. The highest BCUT2D eigenvalue weighted by Crippen LogP contribution is 2.41. The lowest BCUT2D eigenvalue weighted by Gasteiger charge is -2.22. The molecule has 1 heterocycles. The number of anilines is 1. The van der Waals surface area contributed by atoms with E-state index in [9.17, 15) is 9.18 Å². The molecule has 3 aromatic rings. The predicted octanol–water partition coefficient (Wildman–Crippen LogP) is 7.43. The van der Waals surface area contributed by atoms with E-state index in [4.69, 9.17) is 9.51 Å². The molecule has 32 heavy (non-hydrogen) atoms. The Hall–Kier alpha value is -1.89. The molecule has 1 aliphatic rings. The zero-order chi connectivity index (χ0) is 22.3. The molecule has 0 saturated heterocycles. The highest BCUT2D eigenvalue weighted by molar-refractivity contribution is 14.2. The number of aldehydes is 1. The summed E-state index contributed by atoms with van der Waals surface area (Å²) < 4.78 is 19.5. The van der Waals surface area contributed by atoms with Gasteiger partial charge in [0.15, 0.2) is 6.29 Å². The molecule has 166 valence electrons. The number of nitrogens with zero attached hydrogens (tertiary/aromatic N) is 1. The minimum absolute atomic E-state index is 0.257. The molecule has 0 bridgehead atoms. The molecule has 4 nitrogen and oxygen atoms in total. The van der Waals surface area contributed by atoms with Crippen molar-refractivity contribution in [3.05, 3.63) is 82.8 Å². The van der Waals surface area contributed by atoms with E-state index in [1.807, 2.05) is 18.2 Å². The van der Waals surface area contributed by atoms with E-state index < -0.39 is 0 Å². The SMILES string of the molecule is O=Cc1c(C2CCCC2)nc(NCc2ccccc2)c(COPI)c1-c1ccc(F)cc1. The van der Waals surface area contributed by atoms with Crippen LogP contribution in [0, 0.1) is 5.82 Å². The third-order valence-electron chi connectivity index (χ3n) is 5.93. The van der Waals surface area contributed by atoms with Crippen LogP contribution in [0.2, 0.25) is 0 Å². The van der Waals surface area contributed by atoms with Gasteiger partial charge in [-0.05, 0) is 58.1 Å². The van der Waals surface area contributed by atoms with Crippen molar-refractivity contribution >= 4 is 40.6 Å². The zero-order valence-electron chi connectivity index (χ0n) is 17.6. The van der Waals surface area contributed by atoms with Crippen molar-refractivity contribution in [2.75, 3.05) is 5.32 Å². The first-order valence-corrected chi connectivity index (χ1v) is 14.8. The van der Waals surface area contributed by atoms with Crippen LogP contribution in [0.1, 0.15) is 58.8 Å². The molecule has 1 atom stereocenters. The first-order valence-electron chi connectivity index (χ1n) is 10.7. The van der Waals surface area contributed by atoms with Crippen LogP contribution < -0.4 is 5.32 Å². The molecule has 4 rings (SSSR count). The van der Waals surface area contributed by atoms with Crippen molar-refractivity contribution in [3.63, 3.8) is 0 Å².